The molecule has 0 aromatic rings. The molecule has 78 valence electrons. The molecule has 0 aromatic heterocycles. The van der Waals surface area contributed by atoms with Gasteiger partial charge in [-0.2, -0.15) is 11.8 Å². The zero-order valence-corrected chi connectivity index (χ0v) is 9.62. The van der Waals surface area contributed by atoms with Crippen LogP contribution in [0.15, 0.2) is 0 Å². The van der Waals surface area contributed by atoms with Crippen LogP contribution < -0.4 is 5.32 Å². The van der Waals surface area contributed by atoms with Gasteiger partial charge in [-0.25, -0.2) is 4.79 Å². The summed E-state index contributed by atoms with van der Waals surface area (Å²) in [4.78, 5) is 13.2. The summed E-state index contributed by atoms with van der Waals surface area (Å²) in [5.41, 5.74) is 0. The van der Waals surface area contributed by atoms with Crippen molar-refractivity contribution in [3.63, 3.8) is 0 Å². The van der Waals surface area contributed by atoms with Crippen LogP contribution in [-0.2, 0) is 0 Å². The van der Waals surface area contributed by atoms with Gasteiger partial charge in [0.15, 0.2) is 0 Å². The van der Waals surface area contributed by atoms with Crippen LogP contribution in [0, 0.1) is 0 Å². The van der Waals surface area contributed by atoms with E-state index in [2.05, 4.69) is 11.6 Å². The van der Waals surface area contributed by atoms with Gasteiger partial charge in [0.05, 0.1) is 0 Å². The number of rotatable bonds is 6. The third-order valence-electron chi connectivity index (χ3n) is 1.85. The average molecular weight is 204 g/mol. The van der Waals surface area contributed by atoms with Crippen LogP contribution in [0.5, 0.6) is 0 Å². The van der Waals surface area contributed by atoms with Crippen LogP contribution in [0.3, 0.4) is 0 Å². The Morgan fingerprint density at radius 2 is 2.00 bits per heavy atom. The van der Waals surface area contributed by atoms with Crippen molar-refractivity contribution in [1.82, 2.24) is 10.2 Å². The molecule has 0 heterocycles. The number of carbonyl (C=O) groups is 1. The van der Waals surface area contributed by atoms with Crippen LogP contribution in [0.25, 0.3) is 0 Å². The zero-order valence-electron chi connectivity index (χ0n) is 8.80. The van der Waals surface area contributed by atoms with Gasteiger partial charge in [-0.15, -0.1) is 0 Å². The van der Waals surface area contributed by atoms with E-state index in [0.717, 1.165) is 31.8 Å². The minimum atomic E-state index is 0.0612. The molecule has 0 aliphatic carbocycles. The molecule has 1 N–H and O–H groups in total. The summed E-state index contributed by atoms with van der Waals surface area (Å²) in [7, 11) is 0. The molecule has 0 fully saturated rings. The molecule has 0 spiro atoms. The van der Waals surface area contributed by atoms with Crippen molar-refractivity contribution in [3.05, 3.63) is 0 Å². The van der Waals surface area contributed by atoms with E-state index in [1.807, 2.05) is 25.6 Å². The van der Waals surface area contributed by atoms with E-state index in [0.29, 0.717) is 0 Å². The number of carbonyl (C=O) groups excluding carboxylic acids is 1. The van der Waals surface area contributed by atoms with Crippen molar-refractivity contribution >= 4 is 17.8 Å². The first-order chi connectivity index (χ1) is 6.26. The minimum Gasteiger partial charge on any atom is -0.338 e. The van der Waals surface area contributed by atoms with Gasteiger partial charge in [-0.05, 0) is 32.3 Å². The molecular weight excluding hydrogens is 184 g/mol. The van der Waals surface area contributed by atoms with Crippen LogP contribution in [-0.4, -0.2) is 42.6 Å². The Morgan fingerprint density at radius 3 is 2.46 bits per heavy atom. The zero-order chi connectivity index (χ0) is 10.1. The number of thioether (sulfide) groups is 1. The van der Waals surface area contributed by atoms with Gasteiger partial charge in [0.1, 0.15) is 0 Å². The molecule has 0 unspecified atom stereocenters. The Hall–Kier alpha value is -0.380. The van der Waals surface area contributed by atoms with Gasteiger partial charge in [-0.1, -0.05) is 0 Å². The van der Waals surface area contributed by atoms with Crippen LogP contribution in [0.1, 0.15) is 20.3 Å². The lowest BCUT2D eigenvalue weighted by Gasteiger charge is -2.18. The van der Waals surface area contributed by atoms with Gasteiger partial charge in [-0.3, -0.25) is 0 Å². The number of amides is 2. The molecule has 4 heteroatoms. The van der Waals surface area contributed by atoms with Crippen molar-refractivity contribution in [2.45, 2.75) is 20.3 Å². The maximum Gasteiger partial charge on any atom is 0.317 e. The lowest BCUT2D eigenvalue weighted by atomic mass is 10.5. The van der Waals surface area contributed by atoms with Crippen molar-refractivity contribution in [3.8, 4) is 0 Å². The Morgan fingerprint density at radius 1 is 1.38 bits per heavy atom. The van der Waals surface area contributed by atoms with E-state index in [4.69, 9.17) is 0 Å². The van der Waals surface area contributed by atoms with Gasteiger partial charge in [0.2, 0.25) is 0 Å². The first-order valence-corrected chi connectivity index (χ1v) is 6.17. The molecule has 0 atom stereocenters. The second-order valence-corrected chi connectivity index (χ2v) is 3.74. The molecular formula is C9H20N2OS. The number of urea groups is 1. The van der Waals surface area contributed by atoms with Gasteiger partial charge in [0.25, 0.3) is 0 Å². The standard InChI is InChI=1S/C9H20N2OS/c1-4-11(5-2)9(12)10-7-6-8-13-3/h4-8H2,1-3H3,(H,10,12). The fourth-order valence-corrected chi connectivity index (χ4v) is 1.47. The fourth-order valence-electron chi connectivity index (χ4n) is 1.03. The van der Waals surface area contributed by atoms with Crippen molar-refractivity contribution in [1.29, 1.82) is 0 Å². The summed E-state index contributed by atoms with van der Waals surface area (Å²) >= 11 is 1.81. The van der Waals surface area contributed by atoms with Crippen LogP contribution >= 0.6 is 11.8 Å². The molecule has 2 amide bonds. The molecule has 0 aromatic carbocycles. The van der Waals surface area contributed by atoms with E-state index in [1.165, 1.54) is 0 Å². The third-order valence-corrected chi connectivity index (χ3v) is 2.55. The lowest BCUT2D eigenvalue weighted by molar-refractivity contribution is 0.203. The van der Waals surface area contributed by atoms with Crippen LogP contribution in [0.2, 0.25) is 0 Å². The van der Waals surface area contributed by atoms with E-state index in [1.54, 1.807) is 4.90 Å². The summed E-state index contributed by atoms with van der Waals surface area (Å²) in [6.45, 7) is 6.34. The molecule has 0 saturated heterocycles. The van der Waals surface area contributed by atoms with Gasteiger partial charge < -0.3 is 10.2 Å². The Labute approximate surface area is 85.3 Å². The second kappa shape index (κ2) is 8.23. The quantitative estimate of drug-likeness (QED) is 0.669. The average Bonchev–Trinajstić information content (AvgIpc) is 2.14. The number of nitrogens with one attached hydrogen (secondary N) is 1. The van der Waals surface area contributed by atoms with Crippen molar-refractivity contribution in [2.75, 3.05) is 31.6 Å². The molecule has 0 rings (SSSR count). The maximum atomic E-state index is 11.4. The molecule has 13 heavy (non-hydrogen) atoms. The second-order valence-electron chi connectivity index (χ2n) is 2.75. The van der Waals surface area contributed by atoms with Crippen molar-refractivity contribution < 1.29 is 4.79 Å². The van der Waals surface area contributed by atoms with Crippen molar-refractivity contribution in [2.24, 2.45) is 0 Å². The number of nitrogens with zero attached hydrogens (tertiary/aromatic N) is 1. The smallest absolute Gasteiger partial charge is 0.317 e. The topological polar surface area (TPSA) is 32.3 Å². The molecule has 0 bridgehead atoms. The Kier molecular flexibility index (Phi) is 7.99. The number of hydrogen-bond donors (Lipinski definition) is 1. The summed E-state index contributed by atoms with van der Waals surface area (Å²) in [5.74, 6) is 1.11. The fraction of sp³-hybridized carbons (Fsp3) is 0.889. The van der Waals surface area contributed by atoms with E-state index >= 15 is 0 Å². The molecule has 0 aliphatic heterocycles. The summed E-state index contributed by atoms with van der Waals surface area (Å²) < 4.78 is 0. The summed E-state index contributed by atoms with van der Waals surface area (Å²) in [6.07, 6.45) is 3.13. The monoisotopic (exact) mass is 204 g/mol. The SMILES string of the molecule is CCN(CC)C(=O)NCCCSC. The number of hydrogen-bond acceptors (Lipinski definition) is 2. The predicted octanol–water partition coefficient (Wildman–Crippen LogP) is 1.79. The lowest BCUT2D eigenvalue weighted by Crippen LogP contribution is -2.40. The largest absolute Gasteiger partial charge is 0.338 e. The summed E-state index contributed by atoms with van der Waals surface area (Å²) in [5, 5.41) is 2.89. The predicted molar refractivity (Wildman–Crippen MR) is 59.3 cm³/mol. The molecule has 0 saturated carbocycles. The summed E-state index contributed by atoms with van der Waals surface area (Å²) in [6, 6.07) is 0.0612. The first-order valence-electron chi connectivity index (χ1n) is 4.77. The Balaban J connectivity index is 3.48. The van der Waals surface area contributed by atoms with Gasteiger partial charge >= 0.3 is 6.03 Å². The molecule has 0 radical (unpaired) electrons. The molecule has 0 aliphatic rings. The van der Waals surface area contributed by atoms with Gasteiger partial charge in [0, 0.05) is 19.6 Å². The van der Waals surface area contributed by atoms with Crippen LogP contribution in [0.4, 0.5) is 4.79 Å². The third kappa shape index (κ3) is 5.80. The highest BCUT2D eigenvalue weighted by molar-refractivity contribution is 7.98. The first kappa shape index (κ1) is 12.6. The van der Waals surface area contributed by atoms with E-state index in [9.17, 15) is 4.79 Å². The maximum absolute atomic E-state index is 11.4. The normalized spacial score (nSPS) is 9.77. The highest BCUT2D eigenvalue weighted by atomic mass is 32.2. The molecule has 3 nitrogen and oxygen atoms in total. The van der Waals surface area contributed by atoms with E-state index < -0.39 is 0 Å². The highest BCUT2D eigenvalue weighted by Crippen LogP contribution is 1.94. The Bertz CT molecular complexity index is 138. The van der Waals surface area contributed by atoms with E-state index in [-0.39, 0.29) is 6.03 Å². The highest BCUT2D eigenvalue weighted by Gasteiger charge is 2.06. The minimum absolute atomic E-state index is 0.0612.